The van der Waals surface area contributed by atoms with Gasteiger partial charge in [0.2, 0.25) is 11.6 Å². The summed E-state index contributed by atoms with van der Waals surface area (Å²) >= 11 is 0. The largest absolute Gasteiger partial charge is 0.495 e. The van der Waals surface area contributed by atoms with Gasteiger partial charge in [-0.05, 0) is 61.0 Å². The summed E-state index contributed by atoms with van der Waals surface area (Å²) < 4.78 is 5.35. The van der Waals surface area contributed by atoms with Crippen LogP contribution >= 0.6 is 0 Å². The lowest BCUT2D eigenvalue weighted by atomic mass is 10.2. The van der Waals surface area contributed by atoms with Crippen LogP contribution in [0.15, 0.2) is 89.4 Å². The number of ether oxygens (including phenoxy) is 1. The second-order valence-corrected chi connectivity index (χ2v) is 7.21. The number of methoxy groups -OCH3 is 1. The Morgan fingerprint density at radius 2 is 1.53 bits per heavy atom. The third-order valence-corrected chi connectivity index (χ3v) is 4.78. The van der Waals surface area contributed by atoms with Gasteiger partial charge in [0.25, 0.3) is 0 Å². The molecule has 3 aromatic carbocycles. The standard InChI is InChI=1S/C24H21N7O3/c1-16-8-13-21(34-2)20(14-16)28-24-22(31(32)33)23(25-15-26-24)27-17-9-11-19(12-10-17)30-29-18-6-4-3-5-7-18/h3-15H,1-2H3,(H2,25,26,27,28). The van der Waals surface area contributed by atoms with Gasteiger partial charge in [-0.2, -0.15) is 10.2 Å². The van der Waals surface area contributed by atoms with E-state index in [4.69, 9.17) is 4.74 Å². The maximum Gasteiger partial charge on any atom is 0.353 e. The Balaban J connectivity index is 1.57. The Morgan fingerprint density at radius 1 is 0.882 bits per heavy atom. The van der Waals surface area contributed by atoms with Crippen LogP contribution in [0.3, 0.4) is 0 Å². The number of rotatable bonds is 8. The van der Waals surface area contributed by atoms with E-state index in [1.807, 2.05) is 49.4 Å². The third kappa shape index (κ3) is 5.30. The fraction of sp³-hybridized carbons (Fsp3) is 0.0833. The molecule has 2 N–H and O–H groups in total. The van der Waals surface area contributed by atoms with Crippen LogP contribution in [0.1, 0.15) is 5.56 Å². The molecule has 0 aliphatic rings. The minimum absolute atomic E-state index is 0.0414. The fourth-order valence-corrected chi connectivity index (χ4v) is 3.14. The summed E-state index contributed by atoms with van der Waals surface area (Å²) in [5.41, 5.74) is 3.21. The van der Waals surface area contributed by atoms with Crippen LogP contribution in [0.2, 0.25) is 0 Å². The van der Waals surface area contributed by atoms with E-state index in [1.165, 1.54) is 13.4 Å². The normalized spacial score (nSPS) is 10.8. The highest BCUT2D eigenvalue weighted by Crippen LogP contribution is 2.36. The van der Waals surface area contributed by atoms with Crippen molar-refractivity contribution >= 4 is 40.1 Å². The first-order valence-electron chi connectivity index (χ1n) is 10.3. The first-order chi connectivity index (χ1) is 16.5. The highest BCUT2D eigenvalue weighted by molar-refractivity contribution is 5.78. The minimum Gasteiger partial charge on any atom is -0.495 e. The molecule has 1 heterocycles. The van der Waals surface area contributed by atoms with Crippen LogP contribution in [0, 0.1) is 17.0 Å². The van der Waals surface area contributed by atoms with Crippen LogP contribution in [-0.2, 0) is 0 Å². The smallest absolute Gasteiger partial charge is 0.353 e. The maximum atomic E-state index is 11.9. The predicted octanol–water partition coefficient (Wildman–Crippen LogP) is 6.60. The molecule has 0 spiro atoms. The molecule has 10 heteroatoms. The predicted molar refractivity (Wildman–Crippen MR) is 130 cm³/mol. The number of nitro groups is 1. The van der Waals surface area contributed by atoms with Gasteiger partial charge in [0.05, 0.1) is 29.1 Å². The summed E-state index contributed by atoms with van der Waals surface area (Å²) in [4.78, 5) is 19.5. The molecule has 1 aromatic heterocycles. The lowest BCUT2D eigenvalue weighted by molar-refractivity contribution is -0.383. The number of hydrogen-bond donors (Lipinski definition) is 2. The molecule has 0 fully saturated rings. The average Bonchev–Trinajstić information content (AvgIpc) is 2.84. The molecule has 34 heavy (non-hydrogen) atoms. The van der Waals surface area contributed by atoms with Crippen LogP contribution in [0.25, 0.3) is 0 Å². The number of aryl methyl sites for hydroxylation is 1. The Hall–Kier alpha value is -4.86. The van der Waals surface area contributed by atoms with Gasteiger partial charge in [-0.1, -0.05) is 24.3 Å². The van der Waals surface area contributed by atoms with Crippen molar-refractivity contribution in [2.24, 2.45) is 10.2 Å². The van der Waals surface area contributed by atoms with Gasteiger partial charge < -0.3 is 15.4 Å². The van der Waals surface area contributed by atoms with Crippen LogP contribution < -0.4 is 15.4 Å². The first kappa shape index (κ1) is 22.3. The summed E-state index contributed by atoms with van der Waals surface area (Å²) in [7, 11) is 1.53. The highest BCUT2D eigenvalue weighted by atomic mass is 16.6. The number of benzene rings is 3. The molecule has 0 bridgehead atoms. The summed E-state index contributed by atoms with van der Waals surface area (Å²) in [5.74, 6) is 0.626. The zero-order valence-electron chi connectivity index (χ0n) is 18.5. The number of hydrogen-bond acceptors (Lipinski definition) is 9. The van der Waals surface area contributed by atoms with E-state index in [0.29, 0.717) is 22.8 Å². The second kappa shape index (κ2) is 10.2. The van der Waals surface area contributed by atoms with Crippen molar-refractivity contribution < 1.29 is 9.66 Å². The maximum absolute atomic E-state index is 11.9. The van der Waals surface area contributed by atoms with E-state index < -0.39 is 4.92 Å². The molecule has 4 rings (SSSR count). The highest BCUT2D eigenvalue weighted by Gasteiger charge is 2.24. The molecule has 0 saturated carbocycles. The number of nitrogens with one attached hydrogen (secondary N) is 2. The summed E-state index contributed by atoms with van der Waals surface area (Å²) in [5, 5.41) is 26.3. The minimum atomic E-state index is -0.532. The average molecular weight is 455 g/mol. The topological polar surface area (TPSA) is 127 Å². The molecule has 0 saturated heterocycles. The van der Waals surface area contributed by atoms with E-state index in [9.17, 15) is 10.1 Å². The number of aromatic nitrogens is 2. The van der Waals surface area contributed by atoms with Crippen molar-refractivity contribution in [1.82, 2.24) is 9.97 Å². The first-order valence-corrected chi connectivity index (χ1v) is 10.3. The Kier molecular flexibility index (Phi) is 6.68. The van der Waals surface area contributed by atoms with Gasteiger partial charge in [-0.3, -0.25) is 10.1 Å². The van der Waals surface area contributed by atoms with Crippen molar-refractivity contribution in [2.45, 2.75) is 6.92 Å². The molecule has 0 amide bonds. The van der Waals surface area contributed by atoms with Crippen molar-refractivity contribution in [3.63, 3.8) is 0 Å². The molecule has 0 aliphatic carbocycles. The van der Waals surface area contributed by atoms with Gasteiger partial charge in [-0.25, -0.2) is 9.97 Å². The third-order valence-electron chi connectivity index (χ3n) is 4.78. The van der Waals surface area contributed by atoms with E-state index in [1.54, 1.807) is 30.3 Å². The Bertz CT molecular complexity index is 1330. The molecule has 4 aromatic rings. The molecule has 0 atom stereocenters. The van der Waals surface area contributed by atoms with Crippen molar-refractivity contribution in [1.29, 1.82) is 0 Å². The van der Waals surface area contributed by atoms with E-state index in [2.05, 4.69) is 30.8 Å². The molecular weight excluding hydrogens is 434 g/mol. The van der Waals surface area contributed by atoms with Crippen LogP contribution in [0.5, 0.6) is 5.75 Å². The zero-order chi connectivity index (χ0) is 23.9. The van der Waals surface area contributed by atoms with E-state index in [0.717, 1.165) is 11.3 Å². The SMILES string of the molecule is COc1ccc(C)cc1Nc1ncnc(Nc2ccc(N=Nc3ccccc3)cc2)c1[N+](=O)[O-]. The molecule has 170 valence electrons. The number of azo groups is 1. The Morgan fingerprint density at radius 3 is 2.18 bits per heavy atom. The monoisotopic (exact) mass is 455 g/mol. The van der Waals surface area contributed by atoms with Gasteiger partial charge in [0, 0.05) is 5.69 Å². The number of anilines is 4. The summed E-state index contributed by atoms with van der Waals surface area (Å²) in [6.45, 7) is 1.91. The van der Waals surface area contributed by atoms with E-state index in [-0.39, 0.29) is 17.3 Å². The van der Waals surface area contributed by atoms with Crippen molar-refractivity contribution in [3.05, 3.63) is 94.8 Å². The van der Waals surface area contributed by atoms with Gasteiger partial charge in [0.1, 0.15) is 12.1 Å². The van der Waals surface area contributed by atoms with Crippen LogP contribution in [-0.4, -0.2) is 22.0 Å². The quantitative estimate of drug-likeness (QED) is 0.174. The van der Waals surface area contributed by atoms with Gasteiger partial charge >= 0.3 is 5.69 Å². The van der Waals surface area contributed by atoms with Crippen molar-refractivity contribution in [2.75, 3.05) is 17.7 Å². The molecule has 0 radical (unpaired) electrons. The lowest BCUT2D eigenvalue weighted by Crippen LogP contribution is -2.06. The molecule has 10 nitrogen and oxygen atoms in total. The van der Waals surface area contributed by atoms with E-state index >= 15 is 0 Å². The van der Waals surface area contributed by atoms with Gasteiger partial charge in [0.15, 0.2) is 0 Å². The van der Waals surface area contributed by atoms with Gasteiger partial charge in [-0.15, -0.1) is 0 Å². The molecular formula is C24H21N7O3. The molecule has 0 unspecified atom stereocenters. The fourth-order valence-electron chi connectivity index (χ4n) is 3.14. The van der Waals surface area contributed by atoms with Crippen molar-refractivity contribution in [3.8, 4) is 5.75 Å². The number of nitrogens with zero attached hydrogens (tertiary/aromatic N) is 5. The molecule has 0 aliphatic heterocycles. The summed E-state index contributed by atoms with van der Waals surface area (Å²) in [6, 6.07) is 21.8. The summed E-state index contributed by atoms with van der Waals surface area (Å²) in [6.07, 6.45) is 1.25. The lowest BCUT2D eigenvalue weighted by Gasteiger charge is -2.13. The van der Waals surface area contributed by atoms with Crippen LogP contribution in [0.4, 0.5) is 40.1 Å². The Labute approximate surface area is 195 Å². The zero-order valence-corrected chi connectivity index (χ0v) is 18.5. The second-order valence-electron chi connectivity index (χ2n) is 7.21.